The average Bonchev–Trinajstić information content (AvgIpc) is 2.41. The monoisotopic (exact) mass is 330 g/mol. The maximum atomic E-state index is 12.4. The Kier molecular flexibility index (Phi) is 4.68. The van der Waals surface area contributed by atoms with Crippen LogP contribution in [0.4, 0.5) is 0 Å². The molecule has 1 aromatic rings. The van der Waals surface area contributed by atoms with Gasteiger partial charge in [-0.25, -0.2) is 5.50 Å². The van der Waals surface area contributed by atoms with Gasteiger partial charge in [0.15, 0.2) is 0 Å². The second-order valence-electron chi connectivity index (χ2n) is 4.78. The van der Waals surface area contributed by atoms with E-state index in [9.17, 15) is 14.2 Å². The molecule has 1 fully saturated rings. The molecule has 5 N–H and O–H groups in total. The number of carbonyl (C=O) groups excluding carboxylic acids is 2. The number of hydrogen-bond donors (Lipinski definition) is 3. The predicted octanol–water partition coefficient (Wildman–Crippen LogP) is 1.09. The minimum atomic E-state index is -3.82. The second-order valence-corrected chi connectivity index (χ2v) is 7.17. The van der Waals surface area contributed by atoms with Gasteiger partial charge < -0.3 is 5.73 Å². The fraction of sp³-hybridized carbons (Fsp3) is 0.333. The van der Waals surface area contributed by atoms with Gasteiger partial charge in [0.2, 0.25) is 5.91 Å². The third-order valence-corrected chi connectivity index (χ3v) is 5.07. The Balaban J connectivity index is 2.13. The third kappa shape index (κ3) is 3.63. The highest BCUT2D eigenvalue weighted by atomic mass is 35.5. The highest BCUT2D eigenvalue weighted by Gasteiger charge is 2.37. The lowest BCUT2D eigenvalue weighted by atomic mass is 10.1. The van der Waals surface area contributed by atoms with Crippen molar-refractivity contribution >= 4 is 31.0 Å². The van der Waals surface area contributed by atoms with Gasteiger partial charge in [0, 0.05) is 17.1 Å². The minimum absolute atomic E-state index is 0.210. The van der Waals surface area contributed by atoms with Crippen LogP contribution in [0.5, 0.6) is 0 Å². The van der Waals surface area contributed by atoms with Crippen LogP contribution in [0.15, 0.2) is 24.3 Å². The van der Waals surface area contributed by atoms with E-state index in [4.69, 9.17) is 22.8 Å². The number of halogens is 1. The molecule has 9 heteroatoms. The molecule has 1 unspecified atom stereocenters. The van der Waals surface area contributed by atoms with Gasteiger partial charge in [-0.05, 0) is 37.1 Å². The summed E-state index contributed by atoms with van der Waals surface area (Å²) < 4.78 is 13.4. The number of nitrogens with one attached hydrogen (secondary N) is 1. The predicted molar refractivity (Wildman–Crippen MR) is 79.6 cm³/mol. The zero-order valence-electron chi connectivity index (χ0n) is 11.2. The van der Waals surface area contributed by atoms with Crippen molar-refractivity contribution in [1.29, 1.82) is 0 Å². The van der Waals surface area contributed by atoms with Gasteiger partial charge in [0.1, 0.15) is 0 Å². The van der Waals surface area contributed by atoms with Crippen LogP contribution in [-0.4, -0.2) is 29.1 Å². The molecule has 2 rings (SSSR count). The van der Waals surface area contributed by atoms with Crippen molar-refractivity contribution in [1.82, 2.24) is 9.76 Å². The molecule has 0 saturated carbocycles. The van der Waals surface area contributed by atoms with Gasteiger partial charge in [-0.3, -0.25) is 23.9 Å². The second kappa shape index (κ2) is 6.15. The number of piperidine rings is 1. The molecule has 0 spiro atoms. The van der Waals surface area contributed by atoms with E-state index >= 15 is 0 Å². The lowest BCUT2D eigenvalue weighted by molar-refractivity contribution is -0.129. The van der Waals surface area contributed by atoms with Gasteiger partial charge in [0.25, 0.3) is 5.91 Å². The quantitative estimate of drug-likeness (QED) is 0.717. The zero-order chi connectivity index (χ0) is 15.6. The molecule has 1 aromatic carbocycles. The highest BCUT2D eigenvalue weighted by Crippen LogP contribution is 2.39. The van der Waals surface area contributed by atoms with E-state index in [0.717, 1.165) is 4.67 Å². The van der Waals surface area contributed by atoms with Crippen molar-refractivity contribution in [2.45, 2.75) is 18.9 Å². The molecule has 0 aromatic heterocycles. The van der Waals surface area contributed by atoms with Crippen LogP contribution in [0.2, 0.25) is 5.02 Å². The van der Waals surface area contributed by atoms with Crippen LogP contribution in [0, 0.1) is 0 Å². The molecule has 1 heterocycles. The van der Waals surface area contributed by atoms with Crippen molar-refractivity contribution in [2.75, 3.05) is 6.54 Å². The highest BCUT2D eigenvalue weighted by molar-refractivity contribution is 7.58. The standard InChI is InChI=1S/C12H16ClN4O3P/c13-9-5-3-8(4-6-9)11(18)16-21(15,20)17-7-1-2-10(14)12(17)19/h3-6,10H,1-2,7,14H2,(H3,15,16,18,20)/t10-,21?/m0/s1. The molecule has 2 amide bonds. The average molecular weight is 331 g/mol. The number of amides is 2. The van der Waals surface area contributed by atoms with Crippen molar-refractivity contribution in [3.05, 3.63) is 34.9 Å². The van der Waals surface area contributed by atoms with E-state index in [2.05, 4.69) is 5.09 Å². The fourth-order valence-corrected chi connectivity index (χ4v) is 3.60. The van der Waals surface area contributed by atoms with E-state index in [0.29, 0.717) is 17.9 Å². The molecular weight excluding hydrogens is 315 g/mol. The maximum absolute atomic E-state index is 12.4. The van der Waals surface area contributed by atoms with Crippen LogP contribution >= 0.6 is 19.2 Å². The molecule has 1 aliphatic heterocycles. The minimum Gasteiger partial charge on any atom is -0.320 e. The number of nitrogens with zero attached hydrogens (tertiary/aromatic N) is 1. The van der Waals surface area contributed by atoms with E-state index in [1.807, 2.05) is 0 Å². The first kappa shape index (κ1) is 16.0. The maximum Gasteiger partial charge on any atom is 0.332 e. The smallest absolute Gasteiger partial charge is 0.320 e. The van der Waals surface area contributed by atoms with Crippen LogP contribution in [0.1, 0.15) is 23.2 Å². The Hall–Kier alpha value is -1.40. The number of hydrogen-bond acceptors (Lipinski definition) is 4. The van der Waals surface area contributed by atoms with Gasteiger partial charge in [-0.2, -0.15) is 0 Å². The molecule has 7 nitrogen and oxygen atoms in total. The van der Waals surface area contributed by atoms with Gasteiger partial charge >= 0.3 is 7.59 Å². The summed E-state index contributed by atoms with van der Waals surface area (Å²) in [5.74, 6) is -1.15. The lowest BCUT2D eigenvalue weighted by Crippen LogP contribution is -2.50. The van der Waals surface area contributed by atoms with E-state index in [-0.39, 0.29) is 12.1 Å². The summed E-state index contributed by atoms with van der Waals surface area (Å²) in [6, 6.07) is 5.27. The summed E-state index contributed by atoms with van der Waals surface area (Å²) in [6.07, 6.45) is 1.10. The summed E-state index contributed by atoms with van der Waals surface area (Å²) >= 11 is 5.73. The summed E-state index contributed by atoms with van der Waals surface area (Å²) in [6.45, 7) is 0.210. The van der Waals surface area contributed by atoms with Crippen LogP contribution in [0.3, 0.4) is 0 Å². The normalized spacial score (nSPS) is 21.8. The van der Waals surface area contributed by atoms with Gasteiger partial charge in [-0.1, -0.05) is 11.6 Å². The topological polar surface area (TPSA) is 119 Å². The molecule has 2 atom stereocenters. The molecule has 1 saturated heterocycles. The molecule has 114 valence electrons. The third-order valence-electron chi connectivity index (χ3n) is 3.18. The first-order chi connectivity index (χ1) is 9.81. The molecule has 21 heavy (non-hydrogen) atoms. The lowest BCUT2D eigenvalue weighted by Gasteiger charge is -2.34. The van der Waals surface area contributed by atoms with E-state index in [1.165, 1.54) is 24.3 Å². The van der Waals surface area contributed by atoms with Crippen molar-refractivity contribution < 1.29 is 14.2 Å². The Morgan fingerprint density at radius 3 is 2.62 bits per heavy atom. The van der Waals surface area contributed by atoms with Crippen molar-refractivity contribution in [3.8, 4) is 0 Å². The fourth-order valence-electron chi connectivity index (χ4n) is 2.05. The van der Waals surface area contributed by atoms with Crippen LogP contribution in [-0.2, 0) is 9.36 Å². The van der Waals surface area contributed by atoms with Crippen molar-refractivity contribution in [2.24, 2.45) is 11.2 Å². The van der Waals surface area contributed by atoms with Gasteiger partial charge in [0.05, 0.1) is 6.04 Å². The largest absolute Gasteiger partial charge is 0.332 e. The Labute approximate surface area is 127 Å². The molecular formula is C12H16ClN4O3P. The van der Waals surface area contributed by atoms with Crippen molar-refractivity contribution in [3.63, 3.8) is 0 Å². The van der Waals surface area contributed by atoms with Crippen LogP contribution in [0.25, 0.3) is 0 Å². The molecule has 0 radical (unpaired) electrons. The first-order valence-electron chi connectivity index (χ1n) is 6.35. The van der Waals surface area contributed by atoms with Crippen LogP contribution < -0.4 is 16.3 Å². The molecule has 0 bridgehead atoms. The SMILES string of the molecule is N[C@H]1CCCN(P(N)(=O)NC(=O)c2ccc(Cl)cc2)C1=O. The number of rotatable bonds is 3. The zero-order valence-corrected chi connectivity index (χ0v) is 12.8. The number of carbonyl (C=O) groups is 2. The Bertz CT molecular complexity index is 607. The number of nitrogens with two attached hydrogens (primary N) is 2. The Morgan fingerprint density at radius 1 is 1.38 bits per heavy atom. The first-order valence-corrected chi connectivity index (χ1v) is 8.46. The molecule has 1 aliphatic rings. The summed E-state index contributed by atoms with van der Waals surface area (Å²) in [4.78, 5) is 23.9. The van der Waals surface area contributed by atoms with Gasteiger partial charge in [-0.15, -0.1) is 0 Å². The number of benzene rings is 1. The summed E-state index contributed by atoms with van der Waals surface area (Å²) in [7, 11) is -3.82. The molecule has 0 aliphatic carbocycles. The van der Waals surface area contributed by atoms with E-state index < -0.39 is 25.5 Å². The summed E-state index contributed by atoms with van der Waals surface area (Å²) in [5.41, 5.74) is 11.5. The summed E-state index contributed by atoms with van der Waals surface area (Å²) in [5, 5.41) is 2.69. The Morgan fingerprint density at radius 2 is 2.00 bits per heavy atom. The van der Waals surface area contributed by atoms with E-state index in [1.54, 1.807) is 0 Å².